The van der Waals surface area contributed by atoms with Crippen molar-refractivity contribution >= 4 is 17.5 Å². The molecule has 4 rings (SSSR count). The second-order valence-corrected chi connectivity index (χ2v) is 7.83. The third-order valence-electron chi connectivity index (χ3n) is 5.62. The van der Waals surface area contributed by atoms with Crippen LogP contribution in [-0.2, 0) is 24.1 Å². The van der Waals surface area contributed by atoms with Crippen LogP contribution in [0.4, 0.5) is 5.69 Å². The topological polar surface area (TPSA) is 58.2 Å². The molecule has 0 heterocycles. The van der Waals surface area contributed by atoms with Crippen molar-refractivity contribution in [3.8, 4) is 0 Å². The number of benzene rings is 3. The summed E-state index contributed by atoms with van der Waals surface area (Å²) >= 11 is 0. The molecule has 4 nitrogen and oxygen atoms in total. The molecule has 0 saturated carbocycles. The van der Waals surface area contributed by atoms with Gasteiger partial charge in [0.25, 0.3) is 5.91 Å². The van der Waals surface area contributed by atoms with E-state index in [0.717, 1.165) is 24.0 Å². The monoisotopic (exact) mass is 398 g/mol. The van der Waals surface area contributed by atoms with Crippen molar-refractivity contribution < 1.29 is 9.59 Å². The van der Waals surface area contributed by atoms with E-state index in [1.807, 2.05) is 49.4 Å². The van der Waals surface area contributed by atoms with Crippen molar-refractivity contribution in [2.24, 2.45) is 0 Å². The second kappa shape index (κ2) is 8.95. The van der Waals surface area contributed by atoms with Gasteiger partial charge in [-0.25, -0.2) is 0 Å². The van der Waals surface area contributed by atoms with E-state index in [4.69, 9.17) is 0 Å². The summed E-state index contributed by atoms with van der Waals surface area (Å²) in [7, 11) is 0. The van der Waals surface area contributed by atoms with E-state index in [1.165, 1.54) is 17.5 Å². The smallest absolute Gasteiger partial charge is 0.253 e. The molecule has 0 fully saturated rings. The van der Waals surface area contributed by atoms with E-state index < -0.39 is 0 Å². The van der Waals surface area contributed by atoms with Crippen LogP contribution in [0.5, 0.6) is 0 Å². The Hall–Kier alpha value is -3.40. The first-order valence-electron chi connectivity index (χ1n) is 10.5. The lowest BCUT2D eigenvalue weighted by Crippen LogP contribution is -2.28. The largest absolute Gasteiger partial charge is 0.345 e. The SMILES string of the molecule is CC(NC(=O)c1ccccc1NC(=O)Cc1ccc2c(c1)CCC2)c1ccccc1. The summed E-state index contributed by atoms with van der Waals surface area (Å²) in [4.78, 5) is 25.5. The van der Waals surface area contributed by atoms with Crippen molar-refractivity contribution in [1.82, 2.24) is 5.32 Å². The molecule has 1 atom stereocenters. The summed E-state index contributed by atoms with van der Waals surface area (Å²) in [5.74, 6) is -0.330. The minimum atomic E-state index is -0.209. The number of para-hydroxylation sites is 1. The average Bonchev–Trinajstić information content (AvgIpc) is 3.22. The number of amides is 2. The van der Waals surface area contributed by atoms with Gasteiger partial charge in [-0.1, -0.05) is 60.7 Å². The van der Waals surface area contributed by atoms with Crippen LogP contribution in [0.3, 0.4) is 0 Å². The van der Waals surface area contributed by atoms with Crippen LogP contribution in [0.25, 0.3) is 0 Å². The number of hydrogen-bond donors (Lipinski definition) is 2. The quantitative estimate of drug-likeness (QED) is 0.624. The lowest BCUT2D eigenvalue weighted by Gasteiger charge is -2.16. The molecule has 30 heavy (non-hydrogen) atoms. The van der Waals surface area contributed by atoms with Crippen molar-refractivity contribution in [3.05, 3.63) is 101 Å². The van der Waals surface area contributed by atoms with Crippen LogP contribution in [0, 0.1) is 0 Å². The first kappa shape index (κ1) is 19.9. The molecule has 0 aliphatic heterocycles. The molecule has 1 unspecified atom stereocenters. The molecule has 1 aliphatic carbocycles. The fourth-order valence-corrected chi connectivity index (χ4v) is 4.00. The van der Waals surface area contributed by atoms with Gasteiger partial charge in [0, 0.05) is 0 Å². The van der Waals surface area contributed by atoms with Gasteiger partial charge < -0.3 is 10.6 Å². The maximum atomic E-state index is 12.9. The van der Waals surface area contributed by atoms with Crippen LogP contribution in [0.2, 0.25) is 0 Å². The zero-order chi connectivity index (χ0) is 20.9. The highest BCUT2D eigenvalue weighted by molar-refractivity contribution is 6.04. The zero-order valence-corrected chi connectivity index (χ0v) is 17.2. The van der Waals surface area contributed by atoms with Crippen LogP contribution >= 0.6 is 0 Å². The summed E-state index contributed by atoms with van der Waals surface area (Å²) in [5, 5.41) is 5.93. The Morgan fingerprint density at radius 3 is 2.47 bits per heavy atom. The molecule has 0 aromatic heterocycles. The highest BCUT2D eigenvalue weighted by Crippen LogP contribution is 2.23. The molecule has 3 aromatic carbocycles. The van der Waals surface area contributed by atoms with E-state index in [1.54, 1.807) is 18.2 Å². The van der Waals surface area contributed by atoms with Gasteiger partial charge in [-0.05, 0) is 60.6 Å². The van der Waals surface area contributed by atoms with E-state index >= 15 is 0 Å². The van der Waals surface area contributed by atoms with Gasteiger partial charge in [0.1, 0.15) is 0 Å². The fraction of sp³-hybridized carbons (Fsp3) is 0.231. The van der Waals surface area contributed by atoms with E-state index in [-0.39, 0.29) is 17.9 Å². The highest BCUT2D eigenvalue weighted by Gasteiger charge is 2.17. The summed E-state index contributed by atoms with van der Waals surface area (Å²) < 4.78 is 0. The molecule has 3 aromatic rings. The molecule has 152 valence electrons. The minimum absolute atomic E-state index is 0.121. The van der Waals surface area contributed by atoms with E-state index in [0.29, 0.717) is 17.7 Å². The predicted octanol–water partition coefficient (Wildman–Crippen LogP) is 4.85. The van der Waals surface area contributed by atoms with Crippen molar-refractivity contribution in [2.45, 2.75) is 38.6 Å². The summed E-state index contributed by atoms with van der Waals surface area (Å²) in [6.45, 7) is 1.95. The Labute approximate surface area is 177 Å². The van der Waals surface area contributed by atoms with Crippen LogP contribution < -0.4 is 10.6 Å². The Kier molecular flexibility index (Phi) is 5.94. The van der Waals surface area contributed by atoms with Gasteiger partial charge in [0.2, 0.25) is 5.91 Å². The molecule has 2 amide bonds. The van der Waals surface area contributed by atoms with Gasteiger partial charge >= 0.3 is 0 Å². The number of nitrogens with one attached hydrogen (secondary N) is 2. The number of fused-ring (bicyclic) bond motifs is 1. The van der Waals surface area contributed by atoms with Gasteiger partial charge in [0.05, 0.1) is 23.7 Å². The average molecular weight is 399 g/mol. The van der Waals surface area contributed by atoms with E-state index in [2.05, 4.69) is 22.8 Å². The highest BCUT2D eigenvalue weighted by atomic mass is 16.2. The summed E-state index contributed by atoms with van der Waals surface area (Å²) in [6, 6.07) is 23.1. The summed E-state index contributed by atoms with van der Waals surface area (Å²) in [5.41, 5.74) is 5.78. The first-order valence-corrected chi connectivity index (χ1v) is 10.5. The predicted molar refractivity (Wildman–Crippen MR) is 120 cm³/mol. The third kappa shape index (κ3) is 4.60. The number of aryl methyl sites for hydroxylation is 2. The number of anilines is 1. The molecule has 2 N–H and O–H groups in total. The van der Waals surface area contributed by atoms with Gasteiger partial charge in [-0.15, -0.1) is 0 Å². The Morgan fingerprint density at radius 2 is 1.63 bits per heavy atom. The van der Waals surface area contributed by atoms with Crippen molar-refractivity contribution in [3.63, 3.8) is 0 Å². The van der Waals surface area contributed by atoms with E-state index in [9.17, 15) is 9.59 Å². The Balaban J connectivity index is 1.43. The molecule has 0 spiro atoms. The van der Waals surface area contributed by atoms with Crippen LogP contribution in [-0.4, -0.2) is 11.8 Å². The third-order valence-corrected chi connectivity index (χ3v) is 5.62. The first-order chi connectivity index (χ1) is 14.6. The maximum Gasteiger partial charge on any atom is 0.253 e. The minimum Gasteiger partial charge on any atom is -0.345 e. The fourth-order valence-electron chi connectivity index (χ4n) is 4.00. The number of carbonyl (C=O) groups is 2. The Morgan fingerprint density at radius 1 is 0.900 bits per heavy atom. The standard InChI is InChI=1S/C26H26N2O2/c1-18(20-8-3-2-4-9-20)27-26(30)23-12-5-6-13-24(23)28-25(29)17-19-14-15-21-10-7-11-22(21)16-19/h2-6,8-9,12-16,18H,7,10-11,17H2,1H3,(H,27,30)(H,28,29). The second-order valence-electron chi connectivity index (χ2n) is 7.83. The number of carbonyl (C=O) groups excluding carboxylic acids is 2. The number of rotatable bonds is 6. The zero-order valence-electron chi connectivity index (χ0n) is 17.2. The summed E-state index contributed by atoms with van der Waals surface area (Å²) in [6.07, 6.45) is 3.71. The molecule has 1 aliphatic rings. The van der Waals surface area contributed by atoms with Crippen molar-refractivity contribution in [1.29, 1.82) is 0 Å². The lowest BCUT2D eigenvalue weighted by atomic mass is 10.0. The molecule has 4 heteroatoms. The van der Waals surface area contributed by atoms with Crippen LogP contribution in [0.15, 0.2) is 72.8 Å². The molecular formula is C26H26N2O2. The maximum absolute atomic E-state index is 12.9. The van der Waals surface area contributed by atoms with Crippen LogP contribution in [0.1, 0.15) is 52.0 Å². The van der Waals surface area contributed by atoms with Gasteiger partial charge in [-0.2, -0.15) is 0 Å². The molecule has 0 bridgehead atoms. The molecular weight excluding hydrogens is 372 g/mol. The van der Waals surface area contributed by atoms with Crippen molar-refractivity contribution in [2.75, 3.05) is 5.32 Å². The molecule has 0 radical (unpaired) electrons. The number of hydrogen-bond acceptors (Lipinski definition) is 2. The van der Waals surface area contributed by atoms with Gasteiger partial charge in [-0.3, -0.25) is 9.59 Å². The van der Waals surface area contributed by atoms with Gasteiger partial charge in [0.15, 0.2) is 0 Å². The Bertz CT molecular complexity index is 1060. The molecule has 0 saturated heterocycles. The lowest BCUT2D eigenvalue weighted by molar-refractivity contribution is -0.115. The normalized spacial score (nSPS) is 13.4.